The van der Waals surface area contributed by atoms with Crippen molar-refractivity contribution in [3.8, 4) is 0 Å². The second-order valence-corrected chi connectivity index (χ2v) is 9.71. The molecule has 3 rings (SSSR count). The molecule has 4 heteroatoms. The van der Waals surface area contributed by atoms with Crippen molar-refractivity contribution in [2.75, 3.05) is 23.9 Å². The first-order valence-corrected chi connectivity index (χ1v) is 11.1. The molecule has 0 aromatic heterocycles. The van der Waals surface area contributed by atoms with Gasteiger partial charge < -0.3 is 10.5 Å². The Morgan fingerprint density at radius 2 is 1.90 bits per heavy atom. The molecule has 3 aliphatic rings. The smallest absolute Gasteiger partial charge is 0.0701 e. The highest BCUT2D eigenvalue weighted by atomic mass is 32.2. The fourth-order valence-corrected chi connectivity index (χ4v) is 6.81. The van der Waals surface area contributed by atoms with Crippen molar-refractivity contribution in [2.24, 2.45) is 11.7 Å². The van der Waals surface area contributed by atoms with Gasteiger partial charge in [0.05, 0.1) is 5.60 Å². The maximum absolute atomic E-state index is 6.57. The lowest BCUT2D eigenvalue weighted by molar-refractivity contribution is -0.104. The van der Waals surface area contributed by atoms with Gasteiger partial charge >= 0.3 is 0 Å². The lowest BCUT2D eigenvalue weighted by Crippen LogP contribution is -2.48. The fraction of sp³-hybridized carbons (Fsp3) is 1.00. The molecule has 0 amide bonds. The third-order valence-electron chi connectivity index (χ3n) is 5.62. The highest BCUT2D eigenvalue weighted by Crippen LogP contribution is 2.41. The van der Waals surface area contributed by atoms with Gasteiger partial charge in [-0.1, -0.05) is 19.3 Å². The van der Waals surface area contributed by atoms with Gasteiger partial charge in [-0.3, -0.25) is 0 Å². The molecule has 2 aliphatic heterocycles. The average molecular weight is 330 g/mol. The van der Waals surface area contributed by atoms with E-state index >= 15 is 0 Å². The molecule has 0 radical (unpaired) electrons. The summed E-state index contributed by atoms with van der Waals surface area (Å²) in [6.45, 7) is 0.942. The third kappa shape index (κ3) is 4.55. The van der Waals surface area contributed by atoms with Gasteiger partial charge in [0.2, 0.25) is 0 Å². The number of nitrogens with two attached hydrogens (primary N) is 1. The van der Waals surface area contributed by atoms with E-state index in [1.165, 1.54) is 75.0 Å². The van der Waals surface area contributed by atoms with Crippen molar-refractivity contribution >= 4 is 23.5 Å². The summed E-state index contributed by atoms with van der Waals surface area (Å²) in [5.74, 6) is 4.41. The highest BCUT2D eigenvalue weighted by Gasteiger charge is 2.40. The van der Waals surface area contributed by atoms with E-state index in [1.807, 2.05) is 0 Å². The zero-order valence-electron chi connectivity index (χ0n) is 13.2. The molecule has 1 spiro atoms. The molecular formula is C17H31NOS2. The SMILES string of the molecule is NC(CSC1CCCCC1)C1CCOC2(CCSCC2)C1. The Kier molecular flexibility index (Phi) is 6.23. The first kappa shape index (κ1) is 16.5. The normalized spacial score (nSPS) is 32.1. The van der Waals surface area contributed by atoms with E-state index in [1.54, 1.807) is 0 Å². The van der Waals surface area contributed by atoms with Crippen LogP contribution in [0.3, 0.4) is 0 Å². The van der Waals surface area contributed by atoms with Crippen molar-refractivity contribution in [1.29, 1.82) is 0 Å². The van der Waals surface area contributed by atoms with Gasteiger partial charge in [-0.2, -0.15) is 23.5 Å². The van der Waals surface area contributed by atoms with Gasteiger partial charge in [0.25, 0.3) is 0 Å². The molecule has 3 fully saturated rings. The van der Waals surface area contributed by atoms with Crippen LogP contribution >= 0.6 is 23.5 Å². The van der Waals surface area contributed by atoms with E-state index in [0.717, 1.165) is 11.9 Å². The zero-order chi connectivity index (χ0) is 14.5. The Bertz CT molecular complexity index is 308. The van der Waals surface area contributed by atoms with E-state index in [-0.39, 0.29) is 5.60 Å². The minimum atomic E-state index is 0.196. The molecule has 2 unspecified atom stereocenters. The monoisotopic (exact) mass is 329 g/mol. The zero-order valence-corrected chi connectivity index (χ0v) is 14.9. The van der Waals surface area contributed by atoms with E-state index in [9.17, 15) is 0 Å². The van der Waals surface area contributed by atoms with Gasteiger partial charge in [0.15, 0.2) is 0 Å². The summed E-state index contributed by atoms with van der Waals surface area (Å²) in [6.07, 6.45) is 12.1. The Morgan fingerprint density at radius 1 is 1.14 bits per heavy atom. The standard InChI is InChI=1S/C17H31NOS2/c18-16(13-21-15-4-2-1-3-5-15)14-6-9-19-17(12-14)7-10-20-11-8-17/h14-16H,1-13,18H2. The van der Waals surface area contributed by atoms with Crippen LogP contribution in [0.5, 0.6) is 0 Å². The van der Waals surface area contributed by atoms with Crippen LogP contribution in [-0.2, 0) is 4.74 Å². The minimum absolute atomic E-state index is 0.196. The number of hydrogen-bond donors (Lipinski definition) is 1. The molecule has 2 heterocycles. The summed E-state index contributed by atoms with van der Waals surface area (Å²) in [6, 6.07) is 0.382. The predicted octanol–water partition coefficient (Wildman–Crippen LogP) is 4.07. The summed E-state index contributed by atoms with van der Waals surface area (Å²) in [4.78, 5) is 0. The Balaban J connectivity index is 1.46. The van der Waals surface area contributed by atoms with Crippen LogP contribution in [-0.4, -0.2) is 40.8 Å². The van der Waals surface area contributed by atoms with Crippen LogP contribution in [0.25, 0.3) is 0 Å². The van der Waals surface area contributed by atoms with E-state index in [0.29, 0.717) is 12.0 Å². The maximum atomic E-state index is 6.57. The van der Waals surface area contributed by atoms with Crippen LogP contribution in [0.1, 0.15) is 57.8 Å². The van der Waals surface area contributed by atoms with Crippen molar-refractivity contribution in [1.82, 2.24) is 0 Å². The Hall–Kier alpha value is 0.620. The van der Waals surface area contributed by atoms with Crippen molar-refractivity contribution in [3.63, 3.8) is 0 Å². The predicted molar refractivity (Wildman–Crippen MR) is 95.3 cm³/mol. The molecule has 1 saturated carbocycles. The summed E-state index contributed by atoms with van der Waals surface area (Å²) in [5.41, 5.74) is 6.77. The van der Waals surface area contributed by atoms with Gasteiger partial charge in [-0.15, -0.1) is 0 Å². The van der Waals surface area contributed by atoms with Crippen molar-refractivity contribution in [3.05, 3.63) is 0 Å². The molecular weight excluding hydrogens is 298 g/mol. The first-order chi connectivity index (χ1) is 10.3. The topological polar surface area (TPSA) is 35.2 Å². The average Bonchev–Trinajstić information content (AvgIpc) is 2.54. The summed E-state index contributed by atoms with van der Waals surface area (Å²) in [7, 11) is 0. The van der Waals surface area contributed by atoms with Crippen molar-refractivity contribution < 1.29 is 4.74 Å². The number of rotatable bonds is 4. The molecule has 0 bridgehead atoms. The van der Waals surface area contributed by atoms with Gasteiger partial charge in [0.1, 0.15) is 0 Å². The molecule has 0 aromatic rings. The Labute approximate surface area is 138 Å². The molecule has 1 aliphatic carbocycles. The largest absolute Gasteiger partial charge is 0.375 e. The summed E-state index contributed by atoms with van der Waals surface area (Å²) < 4.78 is 6.21. The second-order valence-electron chi connectivity index (χ2n) is 7.15. The second kappa shape index (κ2) is 7.94. The van der Waals surface area contributed by atoms with Crippen LogP contribution < -0.4 is 5.73 Å². The maximum Gasteiger partial charge on any atom is 0.0701 e. The molecule has 2 atom stereocenters. The molecule has 2 nitrogen and oxygen atoms in total. The molecule has 2 N–H and O–H groups in total. The molecule has 21 heavy (non-hydrogen) atoms. The Morgan fingerprint density at radius 3 is 2.67 bits per heavy atom. The molecule has 0 aromatic carbocycles. The number of hydrogen-bond acceptors (Lipinski definition) is 4. The molecule has 2 saturated heterocycles. The quantitative estimate of drug-likeness (QED) is 0.843. The van der Waals surface area contributed by atoms with E-state index in [4.69, 9.17) is 10.5 Å². The third-order valence-corrected chi connectivity index (χ3v) is 8.12. The van der Waals surface area contributed by atoms with Gasteiger partial charge in [0, 0.05) is 23.7 Å². The lowest BCUT2D eigenvalue weighted by Gasteiger charge is -2.45. The van der Waals surface area contributed by atoms with Gasteiger partial charge in [-0.25, -0.2) is 0 Å². The van der Waals surface area contributed by atoms with E-state index < -0.39 is 0 Å². The number of ether oxygens (including phenoxy) is 1. The fourth-order valence-electron chi connectivity index (χ4n) is 4.14. The van der Waals surface area contributed by atoms with Crippen LogP contribution in [0.2, 0.25) is 0 Å². The molecule has 122 valence electrons. The lowest BCUT2D eigenvalue weighted by atomic mass is 9.79. The summed E-state index contributed by atoms with van der Waals surface area (Å²) in [5, 5.41) is 0.893. The van der Waals surface area contributed by atoms with Crippen LogP contribution in [0.15, 0.2) is 0 Å². The van der Waals surface area contributed by atoms with Crippen LogP contribution in [0.4, 0.5) is 0 Å². The van der Waals surface area contributed by atoms with E-state index in [2.05, 4.69) is 23.5 Å². The minimum Gasteiger partial charge on any atom is -0.375 e. The number of thioether (sulfide) groups is 2. The highest BCUT2D eigenvalue weighted by molar-refractivity contribution is 8.00. The first-order valence-electron chi connectivity index (χ1n) is 8.86. The van der Waals surface area contributed by atoms with Gasteiger partial charge in [-0.05, 0) is 55.9 Å². The summed E-state index contributed by atoms with van der Waals surface area (Å²) >= 11 is 4.25. The van der Waals surface area contributed by atoms with Crippen molar-refractivity contribution in [2.45, 2.75) is 74.7 Å². The van der Waals surface area contributed by atoms with Crippen LogP contribution in [0, 0.1) is 5.92 Å².